The summed E-state index contributed by atoms with van der Waals surface area (Å²) in [6.07, 6.45) is 1.52. The van der Waals surface area contributed by atoms with Crippen molar-refractivity contribution in [1.82, 2.24) is 4.98 Å². The fourth-order valence-electron chi connectivity index (χ4n) is 2.57. The summed E-state index contributed by atoms with van der Waals surface area (Å²) >= 11 is 0. The second kappa shape index (κ2) is 5.67. The van der Waals surface area contributed by atoms with Crippen molar-refractivity contribution < 1.29 is 14.6 Å². The Kier molecular flexibility index (Phi) is 4.17. The Labute approximate surface area is 112 Å². The number of aliphatic hydroxyl groups is 1. The zero-order valence-electron chi connectivity index (χ0n) is 11.1. The van der Waals surface area contributed by atoms with Gasteiger partial charge < -0.3 is 15.6 Å². The Hall–Kier alpha value is -1.46. The third-order valence-corrected chi connectivity index (χ3v) is 3.60. The van der Waals surface area contributed by atoms with Gasteiger partial charge in [0.2, 0.25) is 0 Å². The summed E-state index contributed by atoms with van der Waals surface area (Å²) in [6, 6.07) is 5.44. The van der Waals surface area contributed by atoms with E-state index in [2.05, 4.69) is 4.98 Å². The summed E-state index contributed by atoms with van der Waals surface area (Å²) < 4.78 is 5.01. The van der Waals surface area contributed by atoms with Crippen molar-refractivity contribution in [2.45, 2.75) is 38.3 Å². The van der Waals surface area contributed by atoms with Crippen molar-refractivity contribution in [3.05, 3.63) is 29.6 Å². The number of nitrogens with zero attached hydrogens (tertiary/aromatic N) is 1. The van der Waals surface area contributed by atoms with Crippen molar-refractivity contribution in [1.29, 1.82) is 0 Å². The predicted octanol–water partition coefficient (Wildman–Crippen LogP) is 1.09. The number of pyridine rings is 1. The summed E-state index contributed by atoms with van der Waals surface area (Å²) in [6.45, 7) is 2.49. The number of carbonyl (C=O) groups excluding carboxylic acids is 1. The molecule has 0 bridgehead atoms. The molecule has 1 aromatic heterocycles. The number of carbonyl (C=O) groups is 1. The van der Waals surface area contributed by atoms with Crippen molar-refractivity contribution in [3.8, 4) is 0 Å². The van der Waals surface area contributed by atoms with Crippen LogP contribution in [0.25, 0.3) is 0 Å². The second-order valence-corrected chi connectivity index (χ2v) is 4.94. The van der Waals surface area contributed by atoms with Gasteiger partial charge in [-0.15, -0.1) is 0 Å². The molecule has 0 saturated heterocycles. The molecule has 0 aromatic carbocycles. The first-order valence-corrected chi connectivity index (χ1v) is 6.64. The molecule has 0 spiro atoms. The van der Waals surface area contributed by atoms with Crippen LogP contribution in [0.3, 0.4) is 0 Å². The number of ether oxygens (including phenoxy) is 1. The molecule has 5 nitrogen and oxygen atoms in total. The lowest BCUT2D eigenvalue weighted by atomic mass is 9.95. The SMILES string of the molecule is CCOC(=O)C1CCC(O)(c2cccc(CN)n2)C1. The number of hydrogen-bond donors (Lipinski definition) is 2. The van der Waals surface area contributed by atoms with Gasteiger partial charge in [0.15, 0.2) is 0 Å². The zero-order chi connectivity index (χ0) is 13.9. The molecule has 2 atom stereocenters. The fraction of sp³-hybridized carbons (Fsp3) is 0.571. The quantitative estimate of drug-likeness (QED) is 0.795. The molecule has 1 saturated carbocycles. The van der Waals surface area contributed by atoms with Gasteiger partial charge in [0.1, 0.15) is 5.60 Å². The summed E-state index contributed by atoms with van der Waals surface area (Å²) in [7, 11) is 0. The molecule has 1 fully saturated rings. The van der Waals surface area contributed by atoms with E-state index in [-0.39, 0.29) is 11.9 Å². The molecule has 2 unspecified atom stereocenters. The lowest BCUT2D eigenvalue weighted by Gasteiger charge is -2.22. The highest BCUT2D eigenvalue weighted by atomic mass is 16.5. The van der Waals surface area contributed by atoms with Gasteiger partial charge in [0, 0.05) is 6.54 Å². The Morgan fingerprint density at radius 2 is 2.42 bits per heavy atom. The molecule has 104 valence electrons. The maximum absolute atomic E-state index is 11.7. The molecule has 0 amide bonds. The van der Waals surface area contributed by atoms with Crippen LogP contribution in [0.15, 0.2) is 18.2 Å². The first-order chi connectivity index (χ1) is 9.09. The van der Waals surface area contributed by atoms with Gasteiger partial charge in [-0.3, -0.25) is 9.78 Å². The highest BCUT2D eigenvalue weighted by Gasteiger charge is 2.43. The van der Waals surface area contributed by atoms with Gasteiger partial charge in [-0.1, -0.05) is 6.07 Å². The topological polar surface area (TPSA) is 85.4 Å². The van der Waals surface area contributed by atoms with Crippen LogP contribution < -0.4 is 5.73 Å². The van der Waals surface area contributed by atoms with E-state index in [1.165, 1.54) is 0 Å². The minimum absolute atomic E-state index is 0.228. The third-order valence-electron chi connectivity index (χ3n) is 3.60. The van der Waals surface area contributed by atoms with E-state index in [1.54, 1.807) is 13.0 Å². The first kappa shape index (κ1) is 14.0. The summed E-state index contributed by atoms with van der Waals surface area (Å²) in [4.78, 5) is 16.1. The molecule has 2 rings (SSSR count). The maximum Gasteiger partial charge on any atom is 0.309 e. The summed E-state index contributed by atoms with van der Waals surface area (Å²) in [5.41, 5.74) is 5.86. The van der Waals surface area contributed by atoms with Gasteiger partial charge in [-0.2, -0.15) is 0 Å². The van der Waals surface area contributed by atoms with Gasteiger partial charge >= 0.3 is 5.97 Å². The van der Waals surface area contributed by atoms with Gasteiger partial charge in [-0.25, -0.2) is 0 Å². The van der Waals surface area contributed by atoms with E-state index in [4.69, 9.17) is 10.5 Å². The van der Waals surface area contributed by atoms with Crippen LogP contribution in [0, 0.1) is 5.92 Å². The lowest BCUT2D eigenvalue weighted by molar-refractivity contribution is -0.148. The van der Waals surface area contributed by atoms with E-state index in [0.29, 0.717) is 38.1 Å². The number of hydrogen-bond acceptors (Lipinski definition) is 5. The smallest absolute Gasteiger partial charge is 0.309 e. The highest BCUT2D eigenvalue weighted by Crippen LogP contribution is 2.41. The van der Waals surface area contributed by atoms with Crippen molar-refractivity contribution in [3.63, 3.8) is 0 Å². The monoisotopic (exact) mass is 264 g/mol. The van der Waals surface area contributed by atoms with Gasteiger partial charge in [0.25, 0.3) is 0 Å². The molecule has 3 N–H and O–H groups in total. The normalized spacial score (nSPS) is 26.4. The van der Waals surface area contributed by atoms with Crippen molar-refractivity contribution in [2.75, 3.05) is 6.61 Å². The van der Waals surface area contributed by atoms with E-state index in [0.717, 1.165) is 5.69 Å². The summed E-state index contributed by atoms with van der Waals surface area (Å²) in [5, 5.41) is 10.7. The minimum atomic E-state index is -1.04. The second-order valence-electron chi connectivity index (χ2n) is 4.94. The average molecular weight is 264 g/mol. The largest absolute Gasteiger partial charge is 0.466 e. The lowest BCUT2D eigenvalue weighted by Crippen LogP contribution is -2.25. The molecule has 1 aromatic rings. The van der Waals surface area contributed by atoms with Crippen LogP contribution in [-0.4, -0.2) is 22.7 Å². The van der Waals surface area contributed by atoms with Crippen LogP contribution in [0.1, 0.15) is 37.6 Å². The van der Waals surface area contributed by atoms with Crippen molar-refractivity contribution >= 4 is 5.97 Å². The third kappa shape index (κ3) is 2.93. The Morgan fingerprint density at radius 3 is 3.11 bits per heavy atom. The Morgan fingerprint density at radius 1 is 1.63 bits per heavy atom. The summed E-state index contributed by atoms with van der Waals surface area (Å²) in [5.74, 6) is -0.471. The van der Waals surface area contributed by atoms with Crippen LogP contribution in [-0.2, 0) is 21.7 Å². The number of nitrogens with two attached hydrogens (primary N) is 1. The molecule has 1 heterocycles. The van der Waals surface area contributed by atoms with E-state index in [9.17, 15) is 9.90 Å². The molecular formula is C14H20N2O3. The Bertz CT molecular complexity index is 464. The van der Waals surface area contributed by atoms with Crippen LogP contribution >= 0.6 is 0 Å². The number of aromatic nitrogens is 1. The highest BCUT2D eigenvalue weighted by molar-refractivity contribution is 5.73. The van der Waals surface area contributed by atoms with E-state index in [1.807, 2.05) is 12.1 Å². The minimum Gasteiger partial charge on any atom is -0.466 e. The zero-order valence-corrected chi connectivity index (χ0v) is 11.1. The van der Waals surface area contributed by atoms with Crippen LogP contribution in [0.4, 0.5) is 0 Å². The van der Waals surface area contributed by atoms with Crippen LogP contribution in [0.5, 0.6) is 0 Å². The van der Waals surface area contributed by atoms with E-state index >= 15 is 0 Å². The number of esters is 1. The average Bonchev–Trinajstić information content (AvgIpc) is 2.83. The first-order valence-electron chi connectivity index (χ1n) is 6.64. The molecule has 5 heteroatoms. The standard InChI is InChI=1S/C14H20N2O3/c1-2-19-13(17)10-6-7-14(18,8-10)12-5-3-4-11(9-15)16-12/h3-5,10,18H,2,6-9,15H2,1H3. The predicted molar refractivity (Wildman–Crippen MR) is 70.0 cm³/mol. The van der Waals surface area contributed by atoms with Gasteiger partial charge in [-0.05, 0) is 38.3 Å². The van der Waals surface area contributed by atoms with Gasteiger partial charge in [0.05, 0.1) is 23.9 Å². The number of rotatable bonds is 4. The molecule has 0 aliphatic heterocycles. The molecule has 0 radical (unpaired) electrons. The molecule has 1 aliphatic carbocycles. The molecule has 19 heavy (non-hydrogen) atoms. The van der Waals surface area contributed by atoms with E-state index < -0.39 is 5.60 Å². The van der Waals surface area contributed by atoms with Crippen molar-refractivity contribution in [2.24, 2.45) is 11.7 Å². The fourth-order valence-corrected chi connectivity index (χ4v) is 2.57. The Balaban J connectivity index is 2.14. The molecular weight excluding hydrogens is 244 g/mol. The van der Waals surface area contributed by atoms with Crippen LogP contribution in [0.2, 0.25) is 0 Å². The molecule has 1 aliphatic rings. The maximum atomic E-state index is 11.7.